The van der Waals surface area contributed by atoms with Crippen LogP contribution < -0.4 is 0 Å². The average Bonchev–Trinajstić information content (AvgIpc) is 2.15. The van der Waals surface area contributed by atoms with E-state index < -0.39 is 50.4 Å². The number of hydrogen-bond acceptors (Lipinski definition) is 1. The topological polar surface area (TPSA) is 60.8 Å². The minimum Gasteiger partial charge on any atom is -0.312 e. The molecule has 3 unspecified atom stereocenters. The fraction of sp³-hybridized carbons (Fsp3) is 1.00. The lowest BCUT2D eigenvalue weighted by atomic mass is 9.73. The van der Waals surface area contributed by atoms with Gasteiger partial charge in [-0.05, 0) is 32.6 Å². The summed E-state index contributed by atoms with van der Waals surface area (Å²) in [4.78, 5) is 18.7. The first-order chi connectivity index (χ1) is 9.56. The van der Waals surface area contributed by atoms with Gasteiger partial charge < -0.3 is 9.79 Å². The third-order valence-electron chi connectivity index (χ3n) is 4.07. The zero-order valence-corrected chi connectivity index (χ0v) is 12.8. The minimum absolute atomic E-state index is 0.0146. The van der Waals surface area contributed by atoms with Crippen LogP contribution in [0.15, 0.2) is 0 Å². The maximum absolute atomic E-state index is 12.8. The number of piperidine rings is 1. The smallest absolute Gasteiger partial charge is 0.312 e. The summed E-state index contributed by atoms with van der Waals surface area (Å²) < 4.78 is 88.3. The van der Waals surface area contributed by atoms with Crippen molar-refractivity contribution in [2.45, 2.75) is 63.5 Å². The lowest BCUT2D eigenvalue weighted by Crippen LogP contribution is -2.59. The summed E-state index contributed by atoms with van der Waals surface area (Å²) in [7, 11) is -5.14. The van der Waals surface area contributed by atoms with Gasteiger partial charge in [-0.15, -0.1) is 0 Å². The Bertz CT molecular complexity index is 448. The summed E-state index contributed by atoms with van der Waals surface area (Å²) in [6.07, 6.45) is -13.0. The zero-order valence-electron chi connectivity index (χ0n) is 11.9. The molecule has 1 fully saturated rings. The fourth-order valence-corrected chi connectivity index (χ4v) is 4.81. The molecule has 0 spiro atoms. The third kappa shape index (κ3) is 4.84. The first-order valence-electron chi connectivity index (χ1n) is 6.55. The maximum atomic E-state index is 12.8. The van der Waals surface area contributed by atoms with Crippen molar-refractivity contribution >= 4 is 7.75 Å². The van der Waals surface area contributed by atoms with Crippen LogP contribution in [0.25, 0.3) is 0 Å². The molecule has 1 aliphatic heterocycles. The van der Waals surface area contributed by atoms with E-state index in [0.29, 0.717) is 4.67 Å². The SMILES string of the molecule is CC1CCC(CC(F)(F)F)C(C)(CC(F)(F)F)N1P(=O)(O)O. The highest BCUT2D eigenvalue weighted by Crippen LogP contribution is 2.57. The Hall–Kier alpha value is -0.310. The van der Waals surface area contributed by atoms with Crippen molar-refractivity contribution in [2.75, 3.05) is 0 Å². The molecule has 0 aromatic rings. The summed E-state index contributed by atoms with van der Waals surface area (Å²) >= 11 is 0. The molecule has 1 rings (SSSR count). The van der Waals surface area contributed by atoms with Crippen LogP contribution in [0, 0.1) is 5.92 Å². The average molecular weight is 357 g/mol. The van der Waals surface area contributed by atoms with E-state index in [-0.39, 0.29) is 12.8 Å². The minimum atomic E-state index is -5.14. The molecule has 1 heterocycles. The highest BCUT2D eigenvalue weighted by atomic mass is 31.2. The Kier molecular flexibility index (Phi) is 5.35. The monoisotopic (exact) mass is 357 g/mol. The number of rotatable bonds is 3. The second kappa shape index (κ2) is 5.96. The molecular weight excluding hydrogens is 339 g/mol. The van der Waals surface area contributed by atoms with Crippen molar-refractivity contribution in [3.8, 4) is 0 Å². The lowest BCUT2D eigenvalue weighted by molar-refractivity contribution is -0.192. The van der Waals surface area contributed by atoms with Gasteiger partial charge in [0.15, 0.2) is 0 Å². The molecule has 4 nitrogen and oxygen atoms in total. The largest absolute Gasteiger partial charge is 0.403 e. The zero-order chi connectivity index (χ0) is 17.6. The second-order valence-corrected chi connectivity index (χ2v) is 7.41. The molecule has 0 saturated carbocycles. The van der Waals surface area contributed by atoms with Gasteiger partial charge in [0, 0.05) is 18.0 Å². The summed E-state index contributed by atoms with van der Waals surface area (Å²) in [6, 6.07) is -0.947. The molecule has 11 heteroatoms. The first kappa shape index (κ1) is 19.7. The van der Waals surface area contributed by atoms with Gasteiger partial charge in [-0.1, -0.05) is 0 Å². The Morgan fingerprint density at radius 2 is 1.64 bits per heavy atom. The maximum Gasteiger partial charge on any atom is 0.403 e. The van der Waals surface area contributed by atoms with Gasteiger partial charge in [0.2, 0.25) is 0 Å². The van der Waals surface area contributed by atoms with Crippen molar-refractivity contribution in [3.63, 3.8) is 0 Å². The van der Waals surface area contributed by atoms with Crippen LogP contribution in [-0.4, -0.2) is 38.4 Å². The highest BCUT2D eigenvalue weighted by molar-refractivity contribution is 7.49. The molecule has 3 atom stereocenters. The molecular formula is C11H18F6NO3P. The van der Waals surface area contributed by atoms with Crippen LogP contribution >= 0.6 is 7.75 Å². The van der Waals surface area contributed by atoms with Gasteiger partial charge in [-0.25, -0.2) is 4.57 Å². The number of alkyl halides is 6. The van der Waals surface area contributed by atoms with Crippen molar-refractivity contribution in [1.29, 1.82) is 0 Å². The van der Waals surface area contributed by atoms with Gasteiger partial charge in [0.05, 0.1) is 6.42 Å². The summed E-state index contributed by atoms with van der Waals surface area (Å²) in [6.45, 7) is 2.16. The van der Waals surface area contributed by atoms with E-state index in [0.717, 1.165) is 6.92 Å². The predicted molar refractivity (Wildman–Crippen MR) is 65.8 cm³/mol. The van der Waals surface area contributed by atoms with Gasteiger partial charge in [0.1, 0.15) is 0 Å². The molecule has 0 amide bonds. The van der Waals surface area contributed by atoms with Crippen LogP contribution in [0.2, 0.25) is 0 Å². The lowest BCUT2D eigenvalue weighted by Gasteiger charge is -2.53. The van der Waals surface area contributed by atoms with E-state index in [4.69, 9.17) is 0 Å². The standard InChI is InChI=1S/C11H18F6NO3P/c1-7-3-4-8(5-10(12,13)14)9(2,6-11(15,16)17)18(7)22(19,20)21/h7-8H,3-6H2,1-2H3,(H2,19,20,21). The Morgan fingerprint density at radius 3 is 2.00 bits per heavy atom. The third-order valence-corrected chi connectivity index (χ3v) is 5.48. The van der Waals surface area contributed by atoms with Crippen LogP contribution in [0.4, 0.5) is 26.3 Å². The number of nitrogens with zero attached hydrogens (tertiary/aromatic N) is 1. The van der Waals surface area contributed by atoms with Gasteiger partial charge in [-0.2, -0.15) is 31.0 Å². The Morgan fingerprint density at radius 1 is 1.14 bits per heavy atom. The van der Waals surface area contributed by atoms with Crippen molar-refractivity contribution < 1.29 is 40.7 Å². The molecule has 0 radical (unpaired) electrons. The van der Waals surface area contributed by atoms with Crippen LogP contribution in [0.5, 0.6) is 0 Å². The van der Waals surface area contributed by atoms with Crippen LogP contribution in [0.3, 0.4) is 0 Å². The second-order valence-electron chi connectivity index (χ2n) is 5.95. The van der Waals surface area contributed by atoms with E-state index >= 15 is 0 Å². The van der Waals surface area contributed by atoms with Crippen molar-refractivity contribution in [1.82, 2.24) is 4.67 Å². The Balaban J connectivity index is 3.30. The van der Waals surface area contributed by atoms with Crippen LogP contribution in [0.1, 0.15) is 39.5 Å². The summed E-state index contributed by atoms with van der Waals surface area (Å²) in [5, 5.41) is 0. The molecule has 0 aliphatic carbocycles. The molecule has 1 aliphatic rings. The molecule has 132 valence electrons. The Labute approximate surface area is 123 Å². The molecule has 0 aromatic heterocycles. The quantitative estimate of drug-likeness (QED) is 0.595. The van der Waals surface area contributed by atoms with Gasteiger partial charge in [-0.3, -0.25) is 0 Å². The van der Waals surface area contributed by atoms with E-state index in [1.807, 2.05) is 0 Å². The fourth-order valence-electron chi connectivity index (χ4n) is 3.35. The van der Waals surface area contributed by atoms with Gasteiger partial charge >= 0.3 is 20.1 Å². The normalized spacial score (nSPS) is 32.3. The van der Waals surface area contributed by atoms with Gasteiger partial charge in [0.25, 0.3) is 0 Å². The number of hydrogen-bond donors (Lipinski definition) is 2. The highest BCUT2D eigenvalue weighted by Gasteiger charge is 2.57. The van der Waals surface area contributed by atoms with E-state index in [9.17, 15) is 40.7 Å². The van der Waals surface area contributed by atoms with E-state index in [2.05, 4.69) is 0 Å². The van der Waals surface area contributed by atoms with Crippen molar-refractivity contribution in [3.05, 3.63) is 0 Å². The first-order valence-corrected chi connectivity index (χ1v) is 8.11. The molecule has 1 saturated heterocycles. The van der Waals surface area contributed by atoms with E-state index in [1.165, 1.54) is 6.92 Å². The summed E-state index contributed by atoms with van der Waals surface area (Å²) in [5.41, 5.74) is -2.32. The van der Waals surface area contributed by atoms with E-state index in [1.54, 1.807) is 0 Å². The van der Waals surface area contributed by atoms with Crippen LogP contribution in [-0.2, 0) is 4.57 Å². The molecule has 22 heavy (non-hydrogen) atoms. The number of halogens is 6. The molecule has 0 aromatic carbocycles. The summed E-state index contributed by atoms with van der Waals surface area (Å²) in [5.74, 6) is -1.54. The van der Waals surface area contributed by atoms with Crippen molar-refractivity contribution in [2.24, 2.45) is 5.92 Å². The molecule has 0 bridgehead atoms. The predicted octanol–water partition coefficient (Wildman–Crippen LogP) is 3.84. The molecule has 2 N–H and O–H groups in total.